The van der Waals surface area contributed by atoms with Crippen LogP contribution in [-0.4, -0.2) is 19.7 Å². The molecule has 0 heterocycles. The van der Waals surface area contributed by atoms with Crippen LogP contribution < -0.4 is 9.47 Å². The molecule has 0 N–H and O–H groups in total. The maximum atomic E-state index is 12.1. The molecule has 0 spiro atoms. The second-order valence-corrected chi connectivity index (χ2v) is 4.86. The second-order valence-electron chi connectivity index (χ2n) is 4.45. The van der Waals surface area contributed by atoms with Gasteiger partial charge in [0.1, 0.15) is 18.1 Å². The van der Waals surface area contributed by atoms with Gasteiger partial charge in [0.25, 0.3) is 0 Å². The summed E-state index contributed by atoms with van der Waals surface area (Å²) >= 11 is 6.04. The third-order valence-electron chi connectivity index (χ3n) is 2.90. The average molecular weight is 343 g/mol. The summed E-state index contributed by atoms with van der Waals surface area (Å²) in [5, 5.41) is 0.269. The summed E-state index contributed by atoms with van der Waals surface area (Å²) in [6.45, 7) is -2.67. The topological polar surface area (TPSA) is 44.8 Å². The Balaban J connectivity index is 1.99. The molecule has 0 aromatic heterocycles. The van der Waals surface area contributed by atoms with Crippen molar-refractivity contribution in [1.29, 1.82) is 0 Å². The monoisotopic (exact) mass is 342 g/mol. The Kier molecular flexibility index (Phi) is 5.76. The zero-order valence-electron chi connectivity index (χ0n) is 12.1. The van der Waals surface area contributed by atoms with E-state index in [1.165, 1.54) is 31.4 Å². The van der Waals surface area contributed by atoms with Gasteiger partial charge in [0.15, 0.2) is 0 Å². The van der Waals surface area contributed by atoms with Crippen molar-refractivity contribution >= 4 is 17.6 Å². The minimum Gasteiger partial charge on any atom is -0.487 e. The number of hydrogen-bond donors (Lipinski definition) is 0. The molecule has 0 bridgehead atoms. The summed E-state index contributed by atoms with van der Waals surface area (Å²) in [4.78, 5) is 11.4. The summed E-state index contributed by atoms with van der Waals surface area (Å²) in [7, 11) is 1.28. The Morgan fingerprint density at radius 3 is 2.43 bits per heavy atom. The molecule has 0 atom stereocenters. The highest BCUT2D eigenvalue weighted by atomic mass is 35.5. The third-order valence-corrected chi connectivity index (χ3v) is 3.19. The van der Waals surface area contributed by atoms with Gasteiger partial charge in [0, 0.05) is 0 Å². The predicted octanol–water partition coefficient (Wildman–Crippen LogP) is 4.31. The fourth-order valence-corrected chi connectivity index (χ4v) is 2.03. The van der Waals surface area contributed by atoms with Gasteiger partial charge in [-0.15, -0.1) is 0 Å². The van der Waals surface area contributed by atoms with Crippen LogP contribution >= 0.6 is 11.6 Å². The Bertz CT molecular complexity index is 674. The average Bonchev–Trinajstić information content (AvgIpc) is 2.53. The van der Waals surface area contributed by atoms with Gasteiger partial charge in [-0.2, -0.15) is 8.78 Å². The van der Waals surface area contributed by atoms with E-state index in [4.69, 9.17) is 16.3 Å². The standard InChI is InChI=1S/C16H13ClF2O4/c1-21-15(20)11-4-7-14(13(17)8-11)22-9-10-2-5-12(6-3-10)23-16(18)19/h2-8,16H,9H2,1H3. The number of ether oxygens (including phenoxy) is 3. The molecule has 2 rings (SSSR count). The van der Waals surface area contributed by atoms with Gasteiger partial charge in [0.2, 0.25) is 0 Å². The third kappa shape index (κ3) is 4.82. The maximum Gasteiger partial charge on any atom is 0.387 e. The van der Waals surface area contributed by atoms with Crippen LogP contribution in [0.5, 0.6) is 11.5 Å². The van der Waals surface area contributed by atoms with Gasteiger partial charge in [-0.05, 0) is 35.9 Å². The first kappa shape index (κ1) is 17.0. The van der Waals surface area contributed by atoms with Crippen LogP contribution in [0.2, 0.25) is 5.02 Å². The zero-order chi connectivity index (χ0) is 16.8. The summed E-state index contributed by atoms with van der Waals surface area (Å²) in [5.74, 6) is -0.0236. The highest BCUT2D eigenvalue weighted by Crippen LogP contribution is 2.27. The maximum absolute atomic E-state index is 12.1. The van der Waals surface area contributed by atoms with E-state index in [2.05, 4.69) is 9.47 Å². The number of esters is 1. The van der Waals surface area contributed by atoms with Crippen LogP contribution in [0.15, 0.2) is 42.5 Å². The Morgan fingerprint density at radius 2 is 1.87 bits per heavy atom. The highest BCUT2D eigenvalue weighted by Gasteiger charge is 2.10. The van der Waals surface area contributed by atoms with Gasteiger partial charge in [0.05, 0.1) is 17.7 Å². The number of carbonyl (C=O) groups excluding carboxylic acids is 1. The van der Waals surface area contributed by atoms with Crippen molar-refractivity contribution in [1.82, 2.24) is 0 Å². The van der Waals surface area contributed by atoms with E-state index in [9.17, 15) is 13.6 Å². The lowest BCUT2D eigenvalue weighted by Crippen LogP contribution is -2.03. The molecule has 7 heteroatoms. The van der Waals surface area contributed by atoms with Gasteiger partial charge in [-0.1, -0.05) is 23.7 Å². The Labute approximate surface area is 136 Å². The molecule has 0 aliphatic heterocycles. The molecule has 0 saturated heterocycles. The normalized spacial score (nSPS) is 10.5. The molecule has 0 fully saturated rings. The van der Waals surface area contributed by atoms with Crippen molar-refractivity contribution in [3.8, 4) is 11.5 Å². The minimum atomic E-state index is -2.86. The number of carbonyl (C=O) groups is 1. The Hall–Kier alpha value is -2.34. The number of rotatable bonds is 6. The molecule has 4 nitrogen and oxygen atoms in total. The van der Waals surface area contributed by atoms with Crippen molar-refractivity contribution in [2.24, 2.45) is 0 Å². The fraction of sp³-hybridized carbons (Fsp3) is 0.188. The van der Waals surface area contributed by atoms with E-state index in [0.717, 1.165) is 5.56 Å². The van der Waals surface area contributed by atoms with Crippen LogP contribution in [-0.2, 0) is 11.3 Å². The summed E-state index contributed by atoms with van der Waals surface area (Å²) in [6, 6.07) is 10.6. The molecule has 2 aromatic rings. The minimum absolute atomic E-state index is 0.0733. The first-order chi connectivity index (χ1) is 11.0. The lowest BCUT2D eigenvalue weighted by molar-refractivity contribution is -0.0498. The molecule has 2 aromatic carbocycles. The summed E-state index contributed by atoms with van der Waals surface area (Å²) < 4.78 is 38.5. The molecule has 0 unspecified atom stereocenters. The molecule has 0 saturated carbocycles. The molecule has 0 radical (unpaired) electrons. The SMILES string of the molecule is COC(=O)c1ccc(OCc2ccc(OC(F)F)cc2)c(Cl)c1. The Morgan fingerprint density at radius 1 is 1.17 bits per heavy atom. The van der Waals surface area contributed by atoms with Crippen LogP contribution in [0.3, 0.4) is 0 Å². The summed E-state index contributed by atoms with van der Waals surface area (Å²) in [6.07, 6.45) is 0. The van der Waals surface area contributed by atoms with Gasteiger partial charge >= 0.3 is 12.6 Å². The molecule has 122 valence electrons. The molecule has 23 heavy (non-hydrogen) atoms. The van der Waals surface area contributed by atoms with E-state index in [1.807, 2.05) is 0 Å². The van der Waals surface area contributed by atoms with Crippen molar-refractivity contribution < 1.29 is 27.8 Å². The zero-order valence-corrected chi connectivity index (χ0v) is 12.8. The molecule has 0 aliphatic carbocycles. The largest absolute Gasteiger partial charge is 0.487 e. The number of alkyl halides is 2. The quantitative estimate of drug-likeness (QED) is 0.734. The highest BCUT2D eigenvalue weighted by molar-refractivity contribution is 6.32. The van der Waals surface area contributed by atoms with E-state index in [0.29, 0.717) is 11.3 Å². The van der Waals surface area contributed by atoms with Crippen molar-refractivity contribution in [2.75, 3.05) is 7.11 Å². The fourth-order valence-electron chi connectivity index (χ4n) is 1.79. The lowest BCUT2D eigenvalue weighted by atomic mass is 10.2. The van der Waals surface area contributed by atoms with Crippen molar-refractivity contribution in [3.05, 3.63) is 58.6 Å². The summed E-state index contributed by atoms with van der Waals surface area (Å²) in [5.41, 5.74) is 1.07. The van der Waals surface area contributed by atoms with E-state index >= 15 is 0 Å². The van der Waals surface area contributed by atoms with Crippen molar-refractivity contribution in [3.63, 3.8) is 0 Å². The number of halogens is 3. The molecule has 0 amide bonds. The number of benzene rings is 2. The lowest BCUT2D eigenvalue weighted by Gasteiger charge is -2.10. The first-order valence-electron chi connectivity index (χ1n) is 6.54. The smallest absolute Gasteiger partial charge is 0.387 e. The predicted molar refractivity (Wildman–Crippen MR) is 80.2 cm³/mol. The molecular weight excluding hydrogens is 330 g/mol. The second kappa shape index (κ2) is 7.78. The van der Waals surface area contributed by atoms with Crippen LogP contribution in [0.4, 0.5) is 8.78 Å². The van der Waals surface area contributed by atoms with Gasteiger partial charge < -0.3 is 14.2 Å². The number of hydrogen-bond acceptors (Lipinski definition) is 4. The van der Waals surface area contributed by atoms with Gasteiger partial charge in [-0.25, -0.2) is 4.79 Å². The number of methoxy groups -OCH3 is 1. The van der Waals surface area contributed by atoms with Gasteiger partial charge in [-0.3, -0.25) is 0 Å². The molecule has 0 aliphatic rings. The molecular formula is C16H13ClF2O4. The first-order valence-corrected chi connectivity index (χ1v) is 6.92. The van der Waals surface area contributed by atoms with Crippen LogP contribution in [0.1, 0.15) is 15.9 Å². The van der Waals surface area contributed by atoms with Crippen LogP contribution in [0.25, 0.3) is 0 Å². The van der Waals surface area contributed by atoms with E-state index < -0.39 is 12.6 Å². The van der Waals surface area contributed by atoms with Crippen LogP contribution in [0, 0.1) is 0 Å². The van der Waals surface area contributed by atoms with Crippen molar-refractivity contribution in [2.45, 2.75) is 13.2 Å². The van der Waals surface area contributed by atoms with E-state index in [-0.39, 0.29) is 17.4 Å². The van der Waals surface area contributed by atoms with E-state index in [1.54, 1.807) is 18.2 Å².